The molecule has 0 fully saturated rings. The number of ether oxygens (including phenoxy) is 2. The highest BCUT2D eigenvalue weighted by atomic mass is 16.5. The average molecular weight is 486 g/mol. The summed E-state index contributed by atoms with van der Waals surface area (Å²) in [5.41, 5.74) is 6.40. The number of fused-ring (bicyclic) bond motifs is 1. The number of unbranched alkanes of at least 4 members (excludes halogenated alkanes) is 1. The number of H-pyrrole nitrogens is 1. The number of aromatic carboxylic acids is 1. The Labute approximate surface area is 205 Å². The van der Waals surface area contributed by atoms with Gasteiger partial charge in [0.25, 0.3) is 5.88 Å². The van der Waals surface area contributed by atoms with Gasteiger partial charge in [-0.2, -0.15) is 15.2 Å². The maximum Gasteiger partial charge on any atom is 0.337 e. The quantitative estimate of drug-likeness (QED) is 0.169. The van der Waals surface area contributed by atoms with Crippen LogP contribution in [0.15, 0.2) is 42.5 Å². The van der Waals surface area contributed by atoms with Gasteiger partial charge >= 0.3 is 12.0 Å². The van der Waals surface area contributed by atoms with Crippen molar-refractivity contribution in [2.45, 2.75) is 26.2 Å². The molecule has 0 aliphatic rings. The highest BCUT2D eigenvalue weighted by Gasteiger charge is 2.19. The van der Waals surface area contributed by atoms with Crippen LogP contribution in [0.2, 0.25) is 0 Å². The van der Waals surface area contributed by atoms with Gasteiger partial charge in [-0.05, 0) is 36.8 Å². The summed E-state index contributed by atoms with van der Waals surface area (Å²) in [6, 6.07) is 12.6. The summed E-state index contributed by atoms with van der Waals surface area (Å²) in [6.07, 6.45) is 2.58. The van der Waals surface area contributed by atoms with E-state index in [1.165, 1.54) is 18.2 Å². The molecule has 0 saturated carbocycles. The van der Waals surface area contributed by atoms with Crippen LogP contribution in [0.25, 0.3) is 11.2 Å². The molecule has 2 heterocycles. The van der Waals surface area contributed by atoms with Crippen molar-refractivity contribution in [3.63, 3.8) is 0 Å². The number of carboxylic acid groups (broad SMARTS) is 1. The zero-order valence-electron chi connectivity index (χ0n) is 19.2. The van der Waals surface area contributed by atoms with Crippen molar-refractivity contribution in [3.8, 4) is 29.5 Å². The van der Waals surface area contributed by atoms with E-state index in [1.54, 1.807) is 24.3 Å². The number of hydrogen-bond donors (Lipinski definition) is 5. The van der Waals surface area contributed by atoms with E-state index >= 15 is 0 Å². The average Bonchev–Trinajstić information content (AvgIpc) is 3.27. The van der Waals surface area contributed by atoms with Crippen LogP contribution in [0.3, 0.4) is 0 Å². The van der Waals surface area contributed by atoms with E-state index in [0.717, 1.165) is 12.8 Å². The standard InChI is InChI=1S/C24H22N8O4/c1-2-3-8-18-29-19-20(30-18)31-24(36-17-7-5-4-6-16(17)28-23(26)27)32-21(19)35-14-10-9-13(12-25)15(11-14)22(33)34/h4-7,9-11H,2-3,8H2,1H3,(H,33,34)(H4,26,27,28)(H,29,30,31,32). The van der Waals surface area contributed by atoms with Crippen LogP contribution in [0.1, 0.15) is 41.5 Å². The first-order valence-electron chi connectivity index (χ1n) is 11.0. The summed E-state index contributed by atoms with van der Waals surface area (Å²) < 4.78 is 11.8. The molecule has 0 radical (unpaired) electrons. The van der Waals surface area contributed by atoms with E-state index in [9.17, 15) is 15.2 Å². The Morgan fingerprint density at radius 1 is 1.22 bits per heavy atom. The summed E-state index contributed by atoms with van der Waals surface area (Å²) in [5, 5.41) is 28.8. The number of nitrogens with two attached hydrogens (primary N) is 1. The van der Waals surface area contributed by atoms with E-state index in [-0.39, 0.29) is 34.7 Å². The van der Waals surface area contributed by atoms with Crippen LogP contribution in [0.5, 0.6) is 23.4 Å². The lowest BCUT2D eigenvalue weighted by Gasteiger charge is -2.12. The molecule has 0 amide bonds. The molecule has 2 aromatic carbocycles. The first-order valence-corrected chi connectivity index (χ1v) is 11.0. The van der Waals surface area contributed by atoms with Crippen molar-refractivity contribution in [2.75, 3.05) is 5.32 Å². The molecule has 0 aliphatic heterocycles. The Bertz CT molecular complexity index is 1490. The molecule has 0 aliphatic carbocycles. The van der Waals surface area contributed by atoms with Gasteiger partial charge in [-0.1, -0.05) is 25.5 Å². The number of benzene rings is 2. The Balaban J connectivity index is 1.76. The number of carboxylic acids is 1. The van der Waals surface area contributed by atoms with E-state index in [4.69, 9.17) is 20.6 Å². The Kier molecular flexibility index (Phi) is 6.92. The fourth-order valence-corrected chi connectivity index (χ4v) is 3.36. The number of nitrogens with one attached hydrogen (secondary N) is 3. The number of rotatable bonds is 9. The van der Waals surface area contributed by atoms with Crippen molar-refractivity contribution in [2.24, 2.45) is 5.73 Å². The van der Waals surface area contributed by atoms with Gasteiger partial charge < -0.3 is 30.6 Å². The molecule has 0 bridgehead atoms. The highest BCUT2D eigenvalue weighted by Crippen LogP contribution is 2.33. The molecule has 36 heavy (non-hydrogen) atoms. The number of nitrogens with zero attached hydrogens (tertiary/aromatic N) is 4. The Hall–Kier alpha value is -5.18. The maximum absolute atomic E-state index is 11.6. The third-order valence-corrected chi connectivity index (χ3v) is 5.02. The number of nitriles is 1. The smallest absolute Gasteiger partial charge is 0.337 e. The predicted molar refractivity (Wildman–Crippen MR) is 131 cm³/mol. The summed E-state index contributed by atoms with van der Waals surface area (Å²) in [4.78, 5) is 28.0. The minimum Gasteiger partial charge on any atom is -0.478 e. The number of anilines is 1. The molecule has 0 unspecified atom stereocenters. The normalized spacial score (nSPS) is 10.6. The van der Waals surface area contributed by atoms with E-state index in [2.05, 4.69) is 32.2 Å². The Morgan fingerprint density at radius 2 is 2.03 bits per heavy atom. The second kappa shape index (κ2) is 10.4. The van der Waals surface area contributed by atoms with Gasteiger partial charge in [0.2, 0.25) is 0 Å². The molecule has 0 spiro atoms. The monoisotopic (exact) mass is 486 g/mol. The summed E-state index contributed by atoms with van der Waals surface area (Å²) in [6.45, 7) is 2.07. The van der Waals surface area contributed by atoms with E-state index in [1.807, 2.05) is 6.07 Å². The molecule has 0 atom stereocenters. The van der Waals surface area contributed by atoms with Crippen molar-refractivity contribution >= 4 is 28.8 Å². The first kappa shape index (κ1) is 24.0. The second-order valence-corrected chi connectivity index (χ2v) is 7.66. The summed E-state index contributed by atoms with van der Waals surface area (Å²) >= 11 is 0. The summed E-state index contributed by atoms with van der Waals surface area (Å²) in [5.74, 6) is -0.343. The lowest BCUT2D eigenvalue weighted by Crippen LogP contribution is -2.20. The predicted octanol–water partition coefficient (Wildman–Crippen LogP) is 4.16. The van der Waals surface area contributed by atoms with Crippen LogP contribution in [0.4, 0.5) is 5.69 Å². The van der Waals surface area contributed by atoms with Crippen LogP contribution >= 0.6 is 0 Å². The first-order chi connectivity index (χ1) is 17.4. The third-order valence-electron chi connectivity index (χ3n) is 5.02. The molecule has 12 heteroatoms. The van der Waals surface area contributed by atoms with Gasteiger partial charge in [-0.25, -0.2) is 9.78 Å². The number of carbonyl (C=O) groups is 1. The number of aryl methyl sites for hydroxylation is 1. The third kappa shape index (κ3) is 5.31. The van der Waals surface area contributed by atoms with E-state index in [0.29, 0.717) is 34.8 Å². The number of para-hydroxylation sites is 2. The number of aromatic amines is 1. The summed E-state index contributed by atoms with van der Waals surface area (Å²) in [7, 11) is 0. The van der Waals surface area contributed by atoms with Crippen molar-refractivity contribution in [3.05, 3.63) is 59.4 Å². The maximum atomic E-state index is 11.6. The minimum atomic E-state index is -1.26. The molecular formula is C24H22N8O4. The van der Waals surface area contributed by atoms with Crippen LogP contribution in [0, 0.1) is 16.7 Å². The second-order valence-electron chi connectivity index (χ2n) is 7.66. The fourth-order valence-electron chi connectivity index (χ4n) is 3.36. The lowest BCUT2D eigenvalue weighted by atomic mass is 10.1. The minimum absolute atomic E-state index is 0.00269. The largest absolute Gasteiger partial charge is 0.478 e. The molecule has 4 aromatic rings. The SMILES string of the molecule is CCCCc1nc2c(Oc3ccc(C#N)c(C(=O)O)c3)nc(Oc3ccccc3NC(=N)N)nc2[nH]1. The number of guanidine groups is 1. The molecule has 0 saturated heterocycles. The fraction of sp³-hybridized carbons (Fsp3) is 0.167. The highest BCUT2D eigenvalue weighted by molar-refractivity contribution is 5.92. The van der Waals surface area contributed by atoms with Crippen molar-refractivity contribution < 1.29 is 19.4 Å². The molecular weight excluding hydrogens is 464 g/mol. The van der Waals surface area contributed by atoms with Gasteiger partial charge in [-0.3, -0.25) is 5.41 Å². The molecule has 2 aromatic heterocycles. The van der Waals surface area contributed by atoms with Crippen LogP contribution < -0.4 is 20.5 Å². The van der Waals surface area contributed by atoms with Gasteiger partial charge in [0, 0.05) is 6.42 Å². The number of imidazole rings is 1. The van der Waals surface area contributed by atoms with Crippen LogP contribution in [-0.4, -0.2) is 37.0 Å². The molecule has 182 valence electrons. The van der Waals surface area contributed by atoms with Gasteiger partial charge in [0.05, 0.1) is 16.8 Å². The van der Waals surface area contributed by atoms with Crippen LogP contribution in [-0.2, 0) is 6.42 Å². The van der Waals surface area contributed by atoms with Gasteiger partial charge in [-0.15, -0.1) is 0 Å². The lowest BCUT2D eigenvalue weighted by molar-refractivity contribution is 0.0696. The molecule has 12 nitrogen and oxygen atoms in total. The number of aromatic nitrogens is 4. The molecule has 6 N–H and O–H groups in total. The zero-order chi connectivity index (χ0) is 25.7. The van der Waals surface area contributed by atoms with Crippen molar-refractivity contribution in [1.29, 1.82) is 10.7 Å². The molecule has 4 rings (SSSR count). The van der Waals surface area contributed by atoms with Crippen molar-refractivity contribution in [1.82, 2.24) is 19.9 Å². The number of hydrogen-bond acceptors (Lipinski definition) is 8. The topological polar surface area (TPSA) is 196 Å². The van der Waals surface area contributed by atoms with Gasteiger partial charge in [0.15, 0.2) is 22.9 Å². The van der Waals surface area contributed by atoms with Gasteiger partial charge in [0.1, 0.15) is 17.6 Å². The zero-order valence-corrected chi connectivity index (χ0v) is 19.2. The Morgan fingerprint density at radius 3 is 2.75 bits per heavy atom. The van der Waals surface area contributed by atoms with E-state index < -0.39 is 5.97 Å².